The third kappa shape index (κ3) is 2.01. The van der Waals surface area contributed by atoms with Crippen molar-refractivity contribution in [3.05, 3.63) is 29.8 Å². The number of hydrogen-bond donors (Lipinski definition) is 2. The summed E-state index contributed by atoms with van der Waals surface area (Å²) in [5.74, 6) is 0.224. The van der Waals surface area contributed by atoms with Gasteiger partial charge in [-0.2, -0.15) is 0 Å². The Labute approximate surface area is 105 Å². The number of rotatable bonds is 2. The molecule has 3 rings (SSSR count). The second kappa shape index (κ2) is 4.49. The molecular weight excluding hydrogens is 232 g/mol. The van der Waals surface area contributed by atoms with Gasteiger partial charge in [0.1, 0.15) is 11.9 Å². The molecule has 2 unspecified atom stereocenters. The minimum atomic E-state index is -0.253. The van der Waals surface area contributed by atoms with Crippen molar-refractivity contribution in [1.29, 1.82) is 0 Å². The van der Waals surface area contributed by atoms with E-state index in [0.717, 1.165) is 25.1 Å². The van der Waals surface area contributed by atoms with E-state index in [2.05, 4.69) is 5.32 Å². The van der Waals surface area contributed by atoms with Crippen molar-refractivity contribution in [3.63, 3.8) is 0 Å². The van der Waals surface area contributed by atoms with Gasteiger partial charge in [-0.25, -0.2) is 4.79 Å². The molecule has 1 aromatic rings. The lowest BCUT2D eigenvalue weighted by molar-refractivity contribution is 0.121. The smallest absolute Gasteiger partial charge is 0.410 e. The minimum Gasteiger partial charge on any atom is -0.508 e. The van der Waals surface area contributed by atoms with Crippen molar-refractivity contribution < 1.29 is 14.6 Å². The Morgan fingerprint density at radius 3 is 3.22 bits per heavy atom. The van der Waals surface area contributed by atoms with Crippen molar-refractivity contribution in [2.24, 2.45) is 0 Å². The molecule has 2 fully saturated rings. The summed E-state index contributed by atoms with van der Waals surface area (Å²) in [4.78, 5) is 13.6. The van der Waals surface area contributed by atoms with Gasteiger partial charge in [-0.05, 0) is 30.7 Å². The molecule has 0 aliphatic carbocycles. The summed E-state index contributed by atoms with van der Waals surface area (Å²) in [6.07, 6.45) is 0.621. The van der Waals surface area contributed by atoms with Crippen LogP contribution in [0.4, 0.5) is 4.79 Å². The zero-order valence-electron chi connectivity index (χ0n) is 10.0. The minimum absolute atomic E-state index is 0.0384. The highest BCUT2D eigenvalue weighted by molar-refractivity contribution is 5.71. The van der Waals surface area contributed by atoms with Crippen LogP contribution in [0.15, 0.2) is 24.3 Å². The van der Waals surface area contributed by atoms with Gasteiger partial charge in [-0.3, -0.25) is 4.90 Å². The van der Waals surface area contributed by atoms with Crippen molar-refractivity contribution in [1.82, 2.24) is 10.2 Å². The van der Waals surface area contributed by atoms with Crippen LogP contribution >= 0.6 is 0 Å². The van der Waals surface area contributed by atoms with Crippen molar-refractivity contribution in [2.45, 2.75) is 25.1 Å². The fraction of sp³-hybridized carbons (Fsp3) is 0.462. The van der Waals surface area contributed by atoms with E-state index in [9.17, 15) is 9.90 Å². The Morgan fingerprint density at radius 1 is 1.50 bits per heavy atom. The number of nitrogens with one attached hydrogen (secondary N) is 1. The molecule has 0 aromatic heterocycles. The number of benzene rings is 1. The monoisotopic (exact) mass is 248 g/mol. The Bertz CT molecular complexity index is 463. The molecule has 2 aliphatic rings. The maximum atomic E-state index is 11.8. The summed E-state index contributed by atoms with van der Waals surface area (Å²) in [6.45, 7) is 2.13. The quantitative estimate of drug-likeness (QED) is 0.822. The average Bonchev–Trinajstić information content (AvgIpc) is 2.66. The van der Waals surface area contributed by atoms with E-state index in [1.165, 1.54) is 0 Å². The predicted octanol–water partition coefficient (Wildman–Crippen LogP) is 1.07. The van der Waals surface area contributed by atoms with Gasteiger partial charge in [0.25, 0.3) is 0 Å². The molecule has 5 nitrogen and oxygen atoms in total. The SMILES string of the molecule is O=C1OC2CNCCC2N1Cc1cccc(O)c1. The van der Waals surface area contributed by atoms with E-state index in [1.807, 2.05) is 6.07 Å². The molecule has 2 heterocycles. The number of carbonyl (C=O) groups is 1. The van der Waals surface area contributed by atoms with E-state index in [1.54, 1.807) is 23.1 Å². The fourth-order valence-electron chi connectivity index (χ4n) is 2.66. The summed E-state index contributed by atoms with van der Waals surface area (Å²) >= 11 is 0. The Balaban J connectivity index is 1.77. The van der Waals surface area contributed by atoms with Gasteiger partial charge in [-0.1, -0.05) is 12.1 Å². The van der Waals surface area contributed by atoms with Crippen LogP contribution in [0.5, 0.6) is 5.75 Å². The van der Waals surface area contributed by atoms with Gasteiger partial charge in [0, 0.05) is 13.1 Å². The molecule has 5 heteroatoms. The third-order valence-corrected chi connectivity index (χ3v) is 3.54. The van der Waals surface area contributed by atoms with Crippen molar-refractivity contribution in [2.75, 3.05) is 13.1 Å². The van der Waals surface area contributed by atoms with Gasteiger partial charge >= 0.3 is 6.09 Å². The van der Waals surface area contributed by atoms with Crippen LogP contribution in [0.3, 0.4) is 0 Å². The zero-order valence-corrected chi connectivity index (χ0v) is 10.0. The van der Waals surface area contributed by atoms with Crippen LogP contribution in [-0.4, -0.2) is 41.3 Å². The van der Waals surface area contributed by atoms with Crippen LogP contribution in [0.2, 0.25) is 0 Å². The van der Waals surface area contributed by atoms with Gasteiger partial charge in [0.05, 0.1) is 6.04 Å². The lowest BCUT2D eigenvalue weighted by atomic mass is 10.0. The topological polar surface area (TPSA) is 61.8 Å². The molecule has 0 spiro atoms. The van der Waals surface area contributed by atoms with Gasteiger partial charge in [-0.15, -0.1) is 0 Å². The van der Waals surface area contributed by atoms with Crippen molar-refractivity contribution >= 4 is 6.09 Å². The largest absolute Gasteiger partial charge is 0.508 e. The molecular formula is C13H16N2O3. The summed E-state index contributed by atoms with van der Waals surface area (Å²) in [5.41, 5.74) is 0.922. The Hall–Kier alpha value is -1.75. The molecule has 1 aromatic carbocycles. The number of nitrogens with zero attached hydrogens (tertiary/aromatic N) is 1. The van der Waals surface area contributed by atoms with Crippen LogP contribution in [-0.2, 0) is 11.3 Å². The highest BCUT2D eigenvalue weighted by Gasteiger charge is 2.42. The summed E-state index contributed by atoms with van der Waals surface area (Å²) in [7, 11) is 0. The number of fused-ring (bicyclic) bond motifs is 1. The lowest BCUT2D eigenvalue weighted by Gasteiger charge is -2.28. The maximum Gasteiger partial charge on any atom is 0.410 e. The van der Waals surface area contributed by atoms with Crippen LogP contribution in [0.25, 0.3) is 0 Å². The third-order valence-electron chi connectivity index (χ3n) is 3.54. The number of hydrogen-bond acceptors (Lipinski definition) is 4. The highest BCUT2D eigenvalue weighted by atomic mass is 16.6. The highest BCUT2D eigenvalue weighted by Crippen LogP contribution is 2.26. The van der Waals surface area contributed by atoms with E-state index >= 15 is 0 Å². The van der Waals surface area contributed by atoms with Crippen LogP contribution in [0.1, 0.15) is 12.0 Å². The normalized spacial score (nSPS) is 26.9. The first-order chi connectivity index (χ1) is 8.74. The molecule has 2 saturated heterocycles. The Morgan fingerprint density at radius 2 is 2.39 bits per heavy atom. The molecule has 0 bridgehead atoms. The van der Waals surface area contributed by atoms with Gasteiger partial charge < -0.3 is 15.2 Å². The summed E-state index contributed by atoms with van der Waals surface area (Å²) in [6, 6.07) is 7.15. The number of ether oxygens (including phenoxy) is 1. The molecule has 2 aliphatic heterocycles. The molecule has 1 amide bonds. The van der Waals surface area contributed by atoms with E-state index in [4.69, 9.17) is 4.74 Å². The van der Waals surface area contributed by atoms with E-state index in [-0.39, 0.29) is 24.0 Å². The first kappa shape index (κ1) is 11.3. The number of piperidine rings is 1. The number of phenols is 1. The van der Waals surface area contributed by atoms with Gasteiger partial charge in [0.15, 0.2) is 0 Å². The molecule has 2 N–H and O–H groups in total. The van der Waals surface area contributed by atoms with Gasteiger partial charge in [0.2, 0.25) is 0 Å². The number of aromatic hydroxyl groups is 1. The van der Waals surface area contributed by atoms with Crippen LogP contribution in [0, 0.1) is 0 Å². The summed E-state index contributed by atoms with van der Waals surface area (Å²) < 4.78 is 5.34. The maximum absolute atomic E-state index is 11.8. The number of phenolic OH excluding ortho intramolecular Hbond substituents is 1. The van der Waals surface area contributed by atoms with Crippen molar-refractivity contribution in [3.8, 4) is 5.75 Å². The predicted molar refractivity (Wildman–Crippen MR) is 65.2 cm³/mol. The molecule has 96 valence electrons. The molecule has 2 atom stereocenters. The fourth-order valence-corrected chi connectivity index (χ4v) is 2.66. The molecule has 18 heavy (non-hydrogen) atoms. The Kier molecular flexibility index (Phi) is 2.83. The average molecular weight is 248 g/mol. The first-order valence-corrected chi connectivity index (χ1v) is 6.20. The van der Waals surface area contributed by atoms with Crippen LogP contribution < -0.4 is 5.32 Å². The van der Waals surface area contributed by atoms with E-state index in [0.29, 0.717) is 6.54 Å². The zero-order chi connectivity index (χ0) is 12.5. The first-order valence-electron chi connectivity index (χ1n) is 6.20. The second-order valence-corrected chi connectivity index (χ2v) is 4.78. The number of carbonyl (C=O) groups excluding carboxylic acids is 1. The van der Waals surface area contributed by atoms with E-state index < -0.39 is 0 Å². The standard InChI is InChI=1S/C13H16N2O3/c16-10-3-1-2-9(6-10)8-15-11-4-5-14-7-12(11)18-13(15)17/h1-3,6,11-12,14,16H,4-5,7-8H2. The summed E-state index contributed by atoms with van der Waals surface area (Å²) in [5, 5.41) is 12.7. The molecule has 0 saturated carbocycles. The molecule has 0 radical (unpaired) electrons. The second-order valence-electron chi connectivity index (χ2n) is 4.78. The lowest BCUT2D eigenvalue weighted by Crippen LogP contribution is -2.47. The number of amides is 1.